The Morgan fingerprint density at radius 1 is 1.25 bits per heavy atom. The lowest BCUT2D eigenvalue weighted by Crippen LogP contribution is -2.09. The quantitative estimate of drug-likeness (QED) is 0.723. The number of hydrogen-bond acceptors (Lipinski definition) is 3. The van der Waals surface area contributed by atoms with Crippen LogP contribution in [0.3, 0.4) is 0 Å². The number of unbranched alkanes of at least 4 members (excludes halogenated alkanes) is 1. The van der Waals surface area contributed by atoms with Gasteiger partial charge in [0, 0.05) is 6.04 Å². The fourth-order valence-corrected chi connectivity index (χ4v) is 1.96. The molecule has 0 aliphatic rings. The van der Waals surface area contributed by atoms with Crippen LogP contribution >= 0.6 is 0 Å². The van der Waals surface area contributed by atoms with Gasteiger partial charge in [0.15, 0.2) is 0 Å². The van der Waals surface area contributed by atoms with Crippen molar-refractivity contribution in [3.05, 3.63) is 29.8 Å². The van der Waals surface area contributed by atoms with Gasteiger partial charge in [-0.3, -0.25) is 0 Å². The number of benzene rings is 1. The molecule has 0 heterocycles. The van der Waals surface area contributed by atoms with E-state index in [1.807, 2.05) is 38.1 Å². The van der Waals surface area contributed by atoms with Gasteiger partial charge in [-0.15, -0.1) is 0 Å². The van der Waals surface area contributed by atoms with E-state index in [1.54, 1.807) is 0 Å². The van der Waals surface area contributed by atoms with Gasteiger partial charge >= 0.3 is 0 Å². The van der Waals surface area contributed by atoms with Crippen LogP contribution in [-0.2, 0) is 0 Å². The zero-order valence-electron chi connectivity index (χ0n) is 12.9. The molecule has 1 rings (SSSR count). The van der Waals surface area contributed by atoms with Gasteiger partial charge in [-0.1, -0.05) is 19.1 Å². The van der Waals surface area contributed by atoms with Gasteiger partial charge in [0.1, 0.15) is 5.75 Å². The maximum absolute atomic E-state index is 8.93. The van der Waals surface area contributed by atoms with Gasteiger partial charge in [0.05, 0.1) is 18.1 Å². The average molecular weight is 274 g/mol. The highest BCUT2D eigenvalue weighted by Gasteiger charge is 2.15. The maximum Gasteiger partial charge on any atom is 0.119 e. The SMILES string of the molecule is CC[C@@H](N)c1ccc(OCCCCC(C)(C)C#N)cc1. The van der Waals surface area contributed by atoms with Gasteiger partial charge < -0.3 is 10.5 Å². The molecular weight excluding hydrogens is 248 g/mol. The van der Waals surface area contributed by atoms with Crippen LogP contribution in [0.1, 0.15) is 58.1 Å². The van der Waals surface area contributed by atoms with Gasteiger partial charge in [-0.05, 0) is 57.2 Å². The number of ether oxygens (including phenoxy) is 1. The Bertz CT molecular complexity index is 431. The van der Waals surface area contributed by atoms with E-state index >= 15 is 0 Å². The maximum atomic E-state index is 8.93. The monoisotopic (exact) mass is 274 g/mol. The van der Waals surface area contributed by atoms with E-state index in [0.717, 1.165) is 37.0 Å². The van der Waals surface area contributed by atoms with Crippen molar-refractivity contribution in [1.29, 1.82) is 5.26 Å². The van der Waals surface area contributed by atoms with E-state index in [0.29, 0.717) is 6.61 Å². The first-order chi connectivity index (χ1) is 9.48. The topological polar surface area (TPSA) is 59.0 Å². The highest BCUT2D eigenvalue weighted by Crippen LogP contribution is 2.22. The van der Waals surface area contributed by atoms with Crippen LogP contribution in [0.2, 0.25) is 0 Å². The van der Waals surface area contributed by atoms with Gasteiger partial charge in [-0.2, -0.15) is 5.26 Å². The highest BCUT2D eigenvalue weighted by molar-refractivity contribution is 5.28. The summed E-state index contributed by atoms with van der Waals surface area (Å²) in [5.74, 6) is 0.886. The summed E-state index contributed by atoms with van der Waals surface area (Å²) in [6.45, 7) is 6.73. The number of nitrogens with two attached hydrogens (primary N) is 1. The third-order valence-electron chi connectivity index (χ3n) is 3.52. The molecule has 0 bridgehead atoms. The molecule has 0 fully saturated rings. The van der Waals surface area contributed by atoms with Crippen LogP contribution in [-0.4, -0.2) is 6.61 Å². The van der Waals surface area contributed by atoms with Crippen LogP contribution in [0.25, 0.3) is 0 Å². The second kappa shape index (κ2) is 7.91. The molecule has 1 aromatic carbocycles. The number of nitriles is 1. The first-order valence-electron chi connectivity index (χ1n) is 7.38. The Hall–Kier alpha value is -1.53. The van der Waals surface area contributed by atoms with E-state index in [2.05, 4.69) is 13.0 Å². The Balaban J connectivity index is 2.28. The number of hydrogen-bond donors (Lipinski definition) is 1. The predicted octanol–water partition coefficient (Wildman–Crippen LogP) is 4.20. The Morgan fingerprint density at radius 3 is 2.45 bits per heavy atom. The standard InChI is InChI=1S/C17H26N2O/c1-4-16(19)14-7-9-15(10-8-14)20-12-6-5-11-17(2,3)13-18/h7-10,16H,4-6,11-12,19H2,1-3H3/t16-/m1/s1. The molecule has 1 atom stereocenters. The number of nitrogens with zero attached hydrogens (tertiary/aromatic N) is 1. The molecule has 0 saturated carbocycles. The average Bonchev–Trinajstić information content (AvgIpc) is 2.46. The molecule has 3 nitrogen and oxygen atoms in total. The summed E-state index contributed by atoms with van der Waals surface area (Å²) in [7, 11) is 0. The summed E-state index contributed by atoms with van der Waals surface area (Å²) in [4.78, 5) is 0. The summed E-state index contributed by atoms with van der Waals surface area (Å²) in [6, 6.07) is 10.4. The van der Waals surface area contributed by atoms with Crippen molar-refractivity contribution in [3.63, 3.8) is 0 Å². The normalized spacial score (nSPS) is 12.8. The Labute approximate surface area is 122 Å². The highest BCUT2D eigenvalue weighted by atomic mass is 16.5. The lowest BCUT2D eigenvalue weighted by atomic mass is 9.89. The molecule has 0 aliphatic heterocycles. The molecule has 20 heavy (non-hydrogen) atoms. The van der Waals surface area contributed by atoms with Crippen molar-refractivity contribution < 1.29 is 4.74 Å². The summed E-state index contributed by atoms with van der Waals surface area (Å²) < 4.78 is 5.70. The molecule has 0 unspecified atom stereocenters. The molecule has 110 valence electrons. The molecule has 0 radical (unpaired) electrons. The zero-order chi connectivity index (χ0) is 15.0. The zero-order valence-corrected chi connectivity index (χ0v) is 12.9. The predicted molar refractivity (Wildman–Crippen MR) is 82.4 cm³/mol. The molecule has 0 spiro atoms. The van der Waals surface area contributed by atoms with E-state index in [1.165, 1.54) is 0 Å². The second-order valence-corrected chi connectivity index (χ2v) is 5.89. The summed E-state index contributed by atoms with van der Waals surface area (Å²) in [5, 5.41) is 8.93. The van der Waals surface area contributed by atoms with Crippen molar-refractivity contribution >= 4 is 0 Å². The van der Waals surface area contributed by atoms with Crippen LogP contribution in [0.5, 0.6) is 5.75 Å². The molecular formula is C17H26N2O. The molecule has 2 N–H and O–H groups in total. The van der Waals surface area contributed by atoms with Crippen molar-refractivity contribution in [3.8, 4) is 11.8 Å². The molecule has 0 aliphatic carbocycles. The Kier molecular flexibility index (Phi) is 6.54. The minimum atomic E-state index is -0.224. The lowest BCUT2D eigenvalue weighted by Gasteiger charge is -2.14. The van der Waals surface area contributed by atoms with Crippen LogP contribution in [0, 0.1) is 16.7 Å². The molecule has 3 heteroatoms. The van der Waals surface area contributed by atoms with E-state index in [4.69, 9.17) is 15.7 Å². The molecule has 1 aromatic rings. The van der Waals surface area contributed by atoms with Crippen molar-refractivity contribution in [1.82, 2.24) is 0 Å². The summed E-state index contributed by atoms with van der Waals surface area (Å²) in [5.41, 5.74) is 6.90. The second-order valence-electron chi connectivity index (χ2n) is 5.89. The number of rotatable bonds is 8. The fraction of sp³-hybridized carbons (Fsp3) is 0.588. The summed E-state index contributed by atoms with van der Waals surface area (Å²) in [6.07, 6.45) is 3.84. The van der Waals surface area contributed by atoms with Crippen LogP contribution in [0.15, 0.2) is 24.3 Å². The van der Waals surface area contributed by atoms with Gasteiger partial charge in [-0.25, -0.2) is 0 Å². The largest absolute Gasteiger partial charge is 0.494 e. The van der Waals surface area contributed by atoms with Gasteiger partial charge in [0.2, 0.25) is 0 Å². The van der Waals surface area contributed by atoms with Crippen molar-refractivity contribution in [2.24, 2.45) is 11.1 Å². The lowest BCUT2D eigenvalue weighted by molar-refractivity contribution is 0.295. The first kappa shape index (κ1) is 16.5. The van der Waals surface area contributed by atoms with E-state index in [-0.39, 0.29) is 11.5 Å². The summed E-state index contributed by atoms with van der Waals surface area (Å²) >= 11 is 0. The molecule has 0 saturated heterocycles. The minimum Gasteiger partial charge on any atom is -0.494 e. The van der Waals surface area contributed by atoms with Crippen LogP contribution < -0.4 is 10.5 Å². The molecule has 0 aromatic heterocycles. The first-order valence-corrected chi connectivity index (χ1v) is 7.38. The Morgan fingerprint density at radius 2 is 1.90 bits per heavy atom. The third kappa shape index (κ3) is 5.63. The molecule has 0 amide bonds. The van der Waals surface area contributed by atoms with Crippen LogP contribution in [0.4, 0.5) is 0 Å². The van der Waals surface area contributed by atoms with Crippen molar-refractivity contribution in [2.75, 3.05) is 6.61 Å². The third-order valence-corrected chi connectivity index (χ3v) is 3.52. The van der Waals surface area contributed by atoms with Crippen molar-refractivity contribution in [2.45, 2.75) is 52.5 Å². The fourth-order valence-electron chi connectivity index (χ4n) is 1.96. The van der Waals surface area contributed by atoms with E-state index < -0.39 is 0 Å². The van der Waals surface area contributed by atoms with E-state index in [9.17, 15) is 0 Å². The minimum absolute atomic E-state index is 0.109. The van der Waals surface area contributed by atoms with Gasteiger partial charge in [0.25, 0.3) is 0 Å². The smallest absolute Gasteiger partial charge is 0.119 e.